The van der Waals surface area contributed by atoms with Crippen molar-refractivity contribution in [1.82, 2.24) is 5.32 Å². The lowest BCUT2D eigenvalue weighted by Crippen LogP contribution is -2.32. The van der Waals surface area contributed by atoms with Crippen LogP contribution in [0.5, 0.6) is 11.5 Å². The van der Waals surface area contributed by atoms with Gasteiger partial charge in [0.25, 0.3) is 0 Å². The van der Waals surface area contributed by atoms with Crippen LogP contribution in [0.4, 0.5) is 5.69 Å². The molecule has 0 fully saturated rings. The van der Waals surface area contributed by atoms with E-state index >= 15 is 0 Å². The summed E-state index contributed by atoms with van der Waals surface area (Å²) in [6.07, 6.45) is 3.61. The van der Waals surface area contributed by atoms with E-state index in [-0.39, 0.29) is 25.7 Å². The molecule has 0 saturated heterocycles. The minimum atomic E-state index is -3.48. The number of amides is 1. The number of rotatable bonds is 10. The zero-order chi connectivity index (χ0) is 21.6. The number of nitrogens with zero attached hydrogens (tertiary/aromatic N) is 1. The van der Waals surface area contributed by atoms with Crippen LogP contribution in [-0.4, -0.2) is 40.5 Å². The SMILES string of the molecule is Cc1ccc(CCCNC(=O)CCCN(c2ccc3c(c2)OCO3)S(C)(=O)=O)cc1. The number of carbonyl (C=O) groups excluding carboxylic acids is 1. The molecule has 7 nitrogen and oxygen atoms in total. The lowest BCUT2D eigenvalue weighted by atomic mass is 10.1. The van der Waals surface area contributed by atoms with Crippen LogP contribution < -0.4 is 19.1 Å². The third-order valence-electron chi connectivity index (χ3n) is 4.89. The molecule has 2 aromatic carbocycles. The fraction of sp³-hybridized carbons (Fsp3) is 0.409. The topological polar surface area (TPSA) is 84.9 Å². The Kier molecular flexibility index (Phi) is 7.20. The first-order valence-corrected chi connectivity index (χ1v) is 11.9. The third kappa shape index (κ3) is 6.13. The molecule has 0 unspecified atom stereocenters. The first-order chi connectivity index (χ1) is 14.3. The van der Waals surface area contributed by atoms with Gasteiger partial charge in [0.15, 0.2) is 11.5 Å². The maximum Gasteiger partial charge on any atom is 0.232 e. The fourth-order valence-electron chi connectivity index (χ4n) is 3.27. The smallest absolute Gasteiger partial charge is 0.232 e. The Balaban J connectivity index is 1.43. The number of nitrogens with one attached hydrogen (secondary N) is 1. The van der Waals surface area contributed by atoms with Crippen LogP contribution in [0, 0.1) is 6.92 Å². The van der Waals surface area contributed by atoms with E-state index in [1.54, 1.807) is 18.2 Å². The molecule has 3 rings (SSSR count). The van der Waals surface area contributed by atoms with E-state index in [4.69, 9.17) is 9.47 Å². The Morgan fingerprint density at radius 3 is 2.53 bits per heavy atom. The van der Waals surface area contributed by atoms with Gasteiger partial charge in [0.2, 0.25) is 22.7 Å². The number of hydrogen-bond acceptors (Lipinski definition) is 5. The molecule has 0 spiro atoms. The van der Waals surface area contributed by atoms with Gasteiger partial charge in [0.1, 0.15) is 0 Å². The predicted molar refractivity (Wildman–Crippen MR) is 116 cm³/mol. The normalized spacial score (nSPS) is 12.6. The van der Waals surface area contributed by atoms with Gasteiger partial charge in [-0.25, -0.2) is 8.42 Å². The molecule has 0 atom stereocenters. The molecule has 2 aromatic rings. The van der Waals surface area contributed by atoms with Gasteiger partial charge in [-0.05, 0) is 43.9 Å². The zero-order valence-electron chi connectivity index (χ0n) is 17.4. The van der Waals surface area contributed by atoms with Gasteiger partial charge in [-0.1, -0.05) is 29.8 Å². The largest absolute Gasteiger partial charge is 0.454 e. The van der Waals surface area contributed by atoms with Crippen molar-refractivity contribution in [2.24, 2.45) is 0 Å². The van der Waals surface area contributed by atoms with Crippen LogP contribution in [0.2, 0.25) is 0 Å². The van der Waals surface area contributed by atoms with Crippen LogP contribution in [0.3, 0.4) is 0 Å². The van der Waals surface area contributed by atoms with Crippen LogP contribution in [0.25, 0.3) is 0 Å². The van der Waals surface area contributed by atoms with E-state index in [0.717, 1.165) is 19.1 Å². The summed E-state index contributed by atoms with van der Waals surface area (Å²) in [6.45, 7) is 3.00. The van der Waals surface area contributed by atoms with Crippen LogP contribution >= 0.6 is 0 Å². The quantitative estimate of drug-likeness (QED) is 0.584. The van der Waals surface area contributed by atoms with Crippen molar-refractivity contribution < 1.29 is 22.7 Å². The second-order valence-electron chi connectivity index (χ2n) is 7.42. The number of sulfonamides is 1. The van der Waals surface area contributed by atoms with Crippen molar-refractivity contribution >= 4 is 21.6 Å². The van der Waals surface area contributed by atoms with E-state index in [0.29, 0.717) is 30.2 Å². The molecule has 0 saturated carbocycles. The highest BCUT2D eigenvalue weighted by molar-refractivity contribution is 7.92. The maximum absolute atomic E-state index is 12.2. The van der Waals surface area contributed by atoms with Crippen molar-refractivity contribution in [3.8, 4) is 11.5 Å². The number of carbonyl (C=O) groups is 1. The summed E-state index contributed by atoms with van der Waals surface area (Å²) in [5.41, 5.74) is 2.98. The summed E-state index contributed by atoms with van der Waals surface area (Å²) in [5, 5.41) is 2.91. The Morgan fingerprint density at radius 2 is 1.80 bits per heavy atom. The molecule has 0 radical (unpaired) electrons. The second-order valence-corrected chi connectivity index (χ2v) is 9.32. The van der Waals surface area contributed by atoms with Gasteiger partial charge in [0.05, 0.1) is 11.9 Å². The highest BCUT2D eigenvalue weighted by Crippen LogP contribution is 2.36. The number of fused-ring (bicyclic) bond motifs is 1. The summed E-state index contributed by atoms with van der Waals surface area (Å²) >= 11 is 0. The van der Waals surface area contributed by atoms with Crippen molar-refractivity contribution in [2.75, 3.05) is 30.4 Å². The number of anilines is 1. The monoisotopic (exact) mass is 432 g/mol. The summed E-state index contributed by atoms with van der Waals surface area (Å²) < 4.78 is 36.3. The van der Waals surface area contributed by atoms with E-state index in [2.05, 4.69) is 36.5 Å². The minimum Gasteiger partial charge on any atom is -0.454 e. The molecular weight excluding hydrogens is 404 g/mol. The Morgan fingerprint density at radius 1 is 1.07 bits per heavy atom. The second kappa shape index (κ2) is 9.84. The molecule has 0 bridgehead atoms. The van der Waals surface area contributed by atoms with Gasteiger partial charge in [-0.15, -0.1) is 0 Å². The van der Waals surface area contributed by atoms with E-state index < -0.39 is 10.0 Å². The Labute approximate surface area is 178 Å². The van der Waals surface area contributed by atoms with Gasteiger partial charge in [-0.3, -0.25) is 9.10 Å². The van der Waals surface area contributed by atoms with E-state index in [1.807, 2.05) is 0 Å². The summed E-state index contributed by atoms with van der Waals surface area (Å²) in [6, 6.07) is 13.4. The molecule has 1 amide bonds. The van der Waals surface area contributed by atoms with E-state index in [1.165, 1.54) is 15.4 Å². The van der Waals surface area contributed by atoms with Crippen LogP contribution in [0.1, 0.15) is 30.4 Å². The maximum atomic E-state index is 12.2. The van der Waals surface area contributed by atoms with E-state index in [9.17, 15) is 13.2 Å². The Bertz CT molecular complexity index is 974. The number of aryl methyl sites for hydroxylation is 2. The molecule has 0 aliphatic carbocycles. The van der Waals surface area contributed by atoms with Crippen molar-refractivity contribution in [3.05, 3.63) is 53.6 Å². The van der Waals surface area contributed by atoms with Crippen LogP contribution in [0.15, 0.2) is 42.5 Å². The van der Waals surface area contributed by atoms with Crippen LogP contribution in [-0.2, 0) is 21.2 Å². The summed E-state index contributed by atoms with van der Waals surface area (Å²) in [4.78, 5) is 12.1. The molecule has 162 valence electrons. The average Bonchev–Trinajstić information content (AvgIpc) is 3.17. The standard InChI is InChI=1S/C22H28N2O5S/c1-17-7-9-18(10-8-17)5-3-13-23-22(25)6-4-14-24(30(2,26)27)19-11-12-20-21(15-19)29-16-28-20/h7-12,15H,3-6,13-14,16H2,1-2H3,(H,23,25). The third-order valence-corrected chi connectivity index (χ3v) is 6.09. The zero-order valence-corrected chi connectivity index (χ0v) is 18.2. The predicted octanol–water partition coefficient (Wildman–Crippen LogP) is 3.02. The lowest BCUT2D eigenvalue weighted by molar-refractivity contribution is -0.121. The van der Waals surface area contributed by atoms with Gasteiger partial charge in [-0.2, -0.15) is 0 Å². The molecule has 1 N–H and O–H groups in total. The minimum absolute atomic E-state index is 0.0713. The van der Waals surface area contributed by atoms with Gasteiger partial charge >= 0.3 is 0 Å². The molecule has 0 aromatic heterocycles. The lowest BCUT2D eigenvalue weighted by Gasteiger charge is -2.22. The highest BCUT2D eigenvalue weighted by atomic mass is 32.2. The first-order valence-electron chi connectivity index (χ1n) is 10.0. The number of benzene rings is 2. The molecule has 1 aliphatic heterocycles. The molecule has 1 aliphatic rings. The fourth-order valence-corrected chi connectivity index (χ4v) is 4.23. The van der Waals surface area contributed by atoms with Crippen molar-refractivity contribution in [2.45, 2.75) is 32.6 Å². The molecule has 1 heterocycles. The molecular formula is C22H28N2O5S. The van der Waals surface area contributed by atoms with Crippen molar-refractivity contribution in [1.29, 1.82) is 0 Å². The van der Waals surface area contributed by atoms with Crippen molar-refractivity contribution in [3.63, 3.8) is 0 Å². The van der Waals surface area contributed by atoms with Gasteiger partial charge < -0.3 is 14.8 Å². The summed E-state index contributed by atoms with van der Waals surface area (Å²) in [7, 11) is -3.48. The highest BCUT2D eigenvalue weighted by Gasteiger charge is 2.21. The number of hydrogen-bond donors (Lipinski definition) is 1. The average molecular weight is 433 g/mol. The number of ether oxygens (including phenoxy) is 2. The Hall–Kier alpha value is -2.74. The molecule has 8 heteroatoms. The van der Waals surface area contributed by atoms with Gasteiger partial charge in [0, 0.05) is 25.6 Å². The summed E-state index contributed by atoms with van der Waals surface area (Å²) in [5.74, 6) is 1.04. The molecule has 30 heavy (non-hydrogen) atoms. The first kappa shape index (κ1) is 22.0.